The molecule has 0 radical (unpaired) electrons. The predicted octanol–water partition coefficient (Wildman–Crippen LogP) is 2.55. The summed E-state index contributed by atoms with van der Waals surface area (Å²) in [5.74, 6) is 0.468. The van der Waals surface area contributed by atoms with Crippen LogP contribution in [0.5, 0.6) is 11.5 Å². The zero-order valence-electron chi connectivity index (χ0n) is 13.1. The molecule has 8 nitrogen and oxygen atoms in total. The molecule has 0 spiro atoms. The second-order valence-corrected chi connectivity index (χ2v) is 6.58. The van der Waals surface area contributed by atoms with Crippen molar-refractivity contribution in [1.82, 2.24) is 0 Å². The number of methoxy groups -OCH3 is 2. The molecule has 2 aromatic carbocycles. The van der Waals surface area contributed by atoms with Crippen LogP contribution in [0.1, 0.15) is 5.56 Å². The van der Waals surface area contributed by atoms with Crippen molar-refractivity contribution in [2.24, 2.45) is 0 Å². The molecular weight excluding hydrogens is 336 g/mol. The van der Waals surface area contributed by atoms with Crippen molar-refractivity contribution in [3.63, 3.8) is 0 Å². The standard InChI is InChI=1S/C15H16N2O6S/c1-22-14-7-6-12(9-15(14)23-2)16-24(20,21)10-11-4-3-5-13(8-11)17(18)19/h3-9,16H,10H2,1-2H3. The van der Waals surface area contributed by atoms with Gasteiger partial charge in [0.25, 0.3) is 5.69 Å². The third-order valence-corrected chi connectivity index (χ3v) is 4.40. The van der Waals surface area contributed by atoms with E-state index in [0.717, 1.165) is 0 Å². The summed E-state index contributed by atoms with van der Waals surface area (Å²) in [5, 5.41) is 10.8. The molecule has 24 heavy (non-hydrogen) atoms. The molecule has 0 unspecified atom stereocenters. The third kappa shape index (κ3) is 4.35. The lowest BCUT2D eigenvalue weighted by atomic mass is 10.2. The molecule has 0 amide bonds. The fourth-order valence-corrected chi connectivity index (χ4v) is 3.27. The first-order valence-corrected chi connectivity index (χ1v) is 8.45. The average molecular weight is 352 g/mol. The van der Waals surface area contributed by atoms with Crippen LogP contribution in [0, 0.1) is 10.1 Å². The van der Waals surface area contributed by atoms with E-state index in [2.05, 4.69) is 4.72 Å². The summed E-state index contributed by atoms with van der Waals surface area (Å²) in [6.45, 7) is 0. The van der Waals surface area contributed by atoms with Crippen LogP contribution in [0.4, 0.5) is 11.4 Å². The summed E-state index contributed by atoms with van der Waals surface area (Å²) in [4.78, 5) is 10.2. The second kappa shape index (κ2) is 7.18. The largest absolute Gasteiger partial charge is 0.493 e. The van der Waals surface area contributed by atoms with Crippen molar-refractivity contribution in [1.29, 1.82) is 0 Å². The summed E-state index contributed by atoms with van der Waals surface area (Å²) < 4.78 is 37.1. The first kappa shape index (κ1) is 17.5. The number of nitrogens with zero attached hydrogens (tertiary/aromatic N) is 1. The third-order valence-electron chi connectivity index (χ3n) is 3.13. The first-order valence-electron chi connectivity index (χ1n) is 6.80. The van der Waals surface area contributed by atoms with Crippen LogP contribution in [0.2, 0.25) is 0 Å². The van der Waals surface area contributed by atoms with Crippen LogP contribution >= 0.6 is 0 Å². The van der Waals surface area contributed by atoms with E-state index in [4.69, 9.17) is 9.47 Å². The number of ether oxygens (including phenoxy) is 2. The SMILES string of the molecule is COc1ccc(NS(=O)(=O)Cc2cccc([N+](=O)[O-])c2)cc1OC. The lowest BCUT2D eigenvalue weighted by Crippen LogP contribution is -2.15. The molecule has 0 heterocycles. The molecule has 9 heteroatoms. The van der Waals surface area contributed by atoms with Crippen molar-refractivity contribution in [3.05, 3.63) is 58.1 Å². The van der Waals surface area contributed by atoms with E-state index in [-0.39, 0.29) is 11.4 Å². The summed E-state index contributed by atoms with van der Waals surface area (Å²) in [5.41, 5.74) is 0.462. The van der Waals surface area contributed by atoms with Crippen LogP contribution in [-0.2, 0) is 15.8 Å². The Bertz CT molecular complexity index is 851. The van der Waals surface area contributed by atoms with Gasteiger partial charge >= 0.3 is 0 Å². The maximum Gasteiger partial charge on any atom is 0.269 e. The van der Waals surface area contributed by atoms with Gasteiger partial charge in [-0.3, -0.25) is 14.8 Å². The molecule has 0 aliphatic rings. The van der Waals surface area contributed by atoms with E-state index in [0.29, 0.717) is 22.7 Å². The van der Waals surface area contributed by atoms with Gasteiger partial charge in [-0.25, -0.2) is 8.42 Å². The Morgan fingerprint density at radius 2 is 1.79 bits per heavy atom. The predicted molar refractivity (Wildman–Crippen MR) is 88.9 cm³/mol. The fraction of sp³-hybridized carbons (Fsp3) is 0.200. The highest BCUT2D eigenvalue weighted by atomic mass is 32.2. The van der Waals surface area contributed by atoms with E-state index in [1.54, 1.807) is 6.07 Å². The smallest absolute Gasteiger partial charge is 0.269 e. The summed E-state index contributed by atoms with van der Waals surface area (Å²) in [7, 11) is -0.824. The Morgan fingerprint density at radius 1 is 1.08 bits per heavy atom. The lowest BCUT2D eigenvalue weighted by Gasteiger charge is -2.12. The molecule has 0 aromatic heterocycles. The minimum Gasteiger partial charge on any atom is -0.493 e. The number of rotatable bonds is 7. The average Bonchev–Trinajstić information content (AvgIpc) is 2.54. The lowest BCUT2D eigenvalue weighted by molar-refractivity contribution is -0.384. The number of hydrogen-bond acceptors (Lipinski definition) is 6. The van der Waals surface area contributed by atoms with Gasteiger partial charge in [0.05, 0.1) is 30.6 Å². The Hall–Kier alpha value is -2.81. The summed E-state index contributed by atoms with van der Waals surface area (Å²) in [6, 6.07) is 10.1. The minimum atomic E-state index is -3.74. The number of non-ortho nitro benzene ring substituents is 1. The van der Waals surface area contributed by atoms with Crippen molar-refractivity contribution in [2.75, 3.05) is 18.9 Å². The highest BCUT2D eigenvalue weighted by Crippen LogP contribution is 2.30. The van der Waals surface area contributed by atoms with E-state index in [1.165, 1.54) is 50.6 Å². The number of nitrogens with one attached hydrogen (secondary N) is 1. The van der Waals surface area contributed by atoms with Crippen molar-refractivity contribution in [3.8, 4) is 11.5 Å². The van der Waals surface area contributed by atoms with Crippen LogP contribution in [0.3, 0.4) is 0 Å². The van der Waals surface area contributed by atoms with Crippen LogP contribution in [0.25, 0.3) is 0 Å². The topological polar surface area (TPSA) is 108 Å². The van der Waals surface area contributed by atoms with Gasteiger partial charge in [0.2, 0.25) is 10.0 Å². The highest BCUT2D eigenvalue weighted by Gasteiger charge is 2.15. The fourth-order valence-electron chi connectivity index (χ4n) is 2.09. The van der Waals surface area contributed by atoms with Crippen molar-refractivity contribution < 1.29 is 22.8 Å². The molecule has 0 aliphatic heterocycles. The van der Waals surface area contributed by atoms with Crippen LogP contribution in [0.15, 0.2) is 42.5 Å². The molecule has 0 bridgehead atoms. The van der Waals surface area contributed by atoms with Gasteiger partial charge in [0.1, 0.15) is 0 Å². The Kier molecular flexibility index (Phi) is 5.24. The van der Waals surface area contributed by atoms with Crippen molar-refractivity contribution in [2.45, 2.75) is 5.75 Å². The molecule has 128 valence electrons. The van der Waals surface area contributed by atoms with Gasteiger partial charge in [0.15, 0.2) is 11.5 Å². The summed E-state index contributed by atoms with van der Waals surface area (Å²) >= 11 is 0. The van der Waals surface area contributed by atoms with Gasteiger partial charge < -0.3 is 9.47 Å². The molecule has 0 saturated heterocycles. The molecular formula is C15H16N2O6S. The maximum absolute atomic E-state index is 12.3. The number of anilines is 1. The number of benzene rings is 2. The second-order valence-electron chi connectivity index (χ2n) is 4.86. The molecule has 2 rings (SSSR count). The Labute approximate surface area is 139 Å². The molecule has 0 aliphatic carbocycles. The minimum absolute atomic E-state index is 0.159. The van der Waals surface area contributed by atoms with Gasteiger partial charge in [-0.2, -0.15) is 0 Å². The van der Waals surface area contributed by atoms with E-state index >= 15 is 0 Å². The zero-order chi connectivity index (χ0) is 17.7. The molecule has 0 atom stereocenters. The normalized spacial score (nSPS) is 10.9. The van der Waals surface area contributed by atoms with E-state index < -0.39 is 14.9 Å². The molecule has 2 aromatic rings. The number of nitro groups is 1. The summed E-state index contributed by atoms with van der Waals surface area (Å²) in [6.07, 6.45) is 0. The highest BCUT2D eigenvalue weighted by molar-refractivity contribution is 7.91. The molecule has 0 fully saturated rings. The van der Waals surface area contributed by atoms with Crippen molar-refractivity contribution >= 4 is 21.4 Å². The number of nitro benzene ring substituents is 1. The first-order chi connectivity index (χ1) is 11.3. The monoisotopic (exact) mass is 352 g/mol. The molecule has 0 saturated carbocycles. The van der Waals surface area contributed by atoms with Crippen LogP contribution in [-0.4, -0.2) is 27.6 Å². The van der Waals surface area contributed by atoms with Gasteiger partial charge in [-0.15, -0.1) is 0 Å². The van der Waals surface area contributed by atoms with Crippen LogP contribution < -0.4 is 14.2 Å². The quantitative estimate of drug-likeness (QED) is 0.606. The number of sulfonamides is 1. The van der Waals surface area contributed by atoms with Gasteiger partial charge in [0, 0.05) is 18.2 Å². The number of hydrogen-bond donors (Lipinski definition) is 1. The van der Waals surface area contributed by atoms with Gasteiger partial charge in [-0.1, -0.05) is 12.1 Å². The van der Waals surface area contributed by atoms with Gasteiger partial charge in [-0.05, 0) is 17.7 Å². The zero-order valence-corrected chi connectivity index (χ0v) is 13.9. The van der Waals surface area contributed by atoms with E-state index in [1.807, 2.05) is 0 Å². The molecule has 1 N–H and O–H groups in total. The Morgan fingerprint density at radius 3 is 2.42 bits per heavy atom. The van der Waals surface area contributed by atoms with E-state index in [9.17, 15) is 18.5 Å². The maximum atomic E-state index is 12.3. The Balaban J connectivity index is 2.20.